The fourth-order valence-corrected chi connectivity index (χ4v) is 0.581. The Morgan fingerprint density at radius 2 is 1.80 bits per heavy atom. The molecule has 0 fully saturated rings. The van der Waals surface area contributed by atoms with Crippen LogP contribution in [0.25, 0.3) is 0 Å². The summed E-state index contributed by atoms with van der Waals surface area (Å²) in [5.41, 5.74) is -1.11. The second kappa shape index (κ2) is 3.16. The van der Waals surface area contributed by atoms with Crippen molar-refractivity contribution in [2.45, 2.75) is 5.54 Å². The van der Waals surface area contributed by atoms with E-state index < -0.39 is 17.5 Å². The summed E-state index contributed by atoms with van der Waals surface area (Å²) < 4.78 is 0. The standard InChI is InChI=1S/C5H8O4Si/c1-2(4(6)7)3(10)5(8)9/h3H,1H2,10H3,(H,6,7)(H,8,9). The highest BCUT2D eigenvalue weighted by Gasteiger charge is 2.19. The van der Waals surface area contributed by atoms with Crippen LogP contribution in [0.2, 0.25) is 5.54 Å². The van der Waals surface area contributed by atoms with Crippen LogP contribution in [0.15, 0.2) is 12.2 Å². The lowest BCUT2D eigenvalue weighted by Crippen LogP contribution is -2.14. The molecule has 1 unspecified atom stereocenters. The van der Waals surface area contributed by atoms with Gasteiger partial charge in [0, 0.05) is 15.8 Å². The number of rotatable bonds is 3. The van der Waals surface area contributed by atoms with Crippen LogP contribution in [0.1, 0.15) is 0 Å². The molecule has 0 aliphatic rings. The van der Waals surface area contributed by atoms with Gasteiger partial charge < -0.3 is 10.2 Å². The van der Waals surface area contributed by atoms with Gasteiger partial charge in [-0.1, -0.05) is 6.58 Å². The molecule has 5 heteroatoms. The largest absolute Gasteiger partial charge is 0.481 e. The second-order valence-corrected chi connectivity index (χ2v) is 3.05. The summed E-state index contributed by atoms with van der Waals surface area (Å²) >= 11 is 0. The Bertz CT molecular complexity index is 186. The molecule has 2 N–H and O–H groups in total. The van der Waals surface area contributed by atoms with Crippen molar-refractivity contribution < 1.29 is 19.8 Å². The van der Waals surface area contributed by atoms with E-state index in [4.69, 9.17) is 10.2 Å². The molecule has 1 atom stereocenters. The predicted molar refractivity (Wildman–Crippen MR) is 38.1 cm³/mol. The fourth-order valence-electron chi connectivity index (χ4n) is 0.334. The van der Waals surface area contributed by atoms with Gasteiger partial charge in [-0.2, -0.15) is 0 Å². The van der Waals surface area contributed by atoms with Crippen molar-refractivity contribution in [3.05, 3.63) is 12.2 Å². The molecule has 0 aromatic carbocycles. The minimum atomic E-state index is -1.23. The summed E-state index contributed by atoms with van der Waals surface area (Å²) in [6.45, 7) is 3.13. The van der Waals surface area contributed by atoms with Crippen LogP contribution in [0.4, 0.5) is 0 Å². The number of carbonyl (C=O) groups is 2. The number of aliphatic carboxylic acids is 2. The molecule has 0 saturated heterocycles. The van der Waals surface area contributed by atoms with Crippen LogP contribution in [-0.2, 0) is 9.59 Å². The highest BCUT2D eigenvalue weighted by atomic mass is 28.1. The van der Waals surface area contributed by atoms with Gasteiger partial charge in [0.05, 0.1) is 5.54 Å². The molecule has 4 nitrogen and oxygen atoms in total. The van der Waals surface area contributed by atoms with Crippen molar-refractivity contribution in [2.24, 2.45) is 0 Å². The number of carboxylic acids is 2. The lowest BCUT2D eigenvalue weighted by atomic mass is 10.2. The molecule has 10 heavy (non-hydrogen) atoms. The van der Waals surface area contributed by atoms with E-state index >= 15 is 0 Å². The van der Waals surface area contributed by atoms with E-state index in [0.717, 1.165) is 0 Å². The average molecular weight is 160 g/mol. The van der Waals surface area contributed by atoms with Crippen molar-refractivity contribution in [1.82, 2.24) is 0 Å². The van der Waals surface area contributed by atoms with E-state index in [-0.39, 0.29) is 15.8 Å². The quantitative estimate of drug-likeness (QED) is 0.404. The van der Waals surface area contributed by atoms with Crippen molar-refractivity contribution in [2.75, 3.05) is 0 Å². The normalized spacial score (nSPS) is 12.4. The third-order valence-corrected chi connectivity index (χ3v) is 2.36. The summed E-state index contributed by atoms with van der Waals surface area (Å²) in [7, 11) is 0.275. The maximum Gasteiger partial charge on any atom is 0.331 e. The Morgan fingerprint density at radius 1 is 1.40 bits per heavy atom. The van der Waals surface area contributed by atoms with E-state index in [1.54, 1.807) is 0 Å². The minimum Gasteiger partial charge on any atom is -0.481 e. The first kappa shape index (κ1) is 8.90. The van der Waals surface area contributed by atoms with Crippen molar-refractivity contribution in [1.29, 1.82) is 0 Å². The summed E-state index contributed by atoms with van der Waals surface area (Å²) in [5, 5.41) is 16.6. The van der Waals surface area contributed by atoms with Crippen LogP contribution in [0.3, 0.4) is 0 Å². The van der Waals surface area contributed by atoms with Crippen molar-refractivity contribution >= 4 is 22.2 Å². The Labute approximate surface area is 60.6 Å². The highest BCUT2D eigenvalue weighted by Crippen LogP contribution is 2.10. The molecule has 0 heterocycles. The molecule has 0 aliphatic heterocycles. The van der Waals surface area contributed by atoms with Gasteiger partial charge in [0.2, 0.25) is 0 Å². The van der Waals surface area contributed by atoms with Gasteiger partial charge >= 0.3 is 11.9 Å². The van der Waals surface area contributed by atoms with Gasteiger partial charge in [-0.05, 0) is 0 Å². The SMILES string of the molecule is C=C(C(=O)O)C([SiH3])C(=O)O. The molecule has 0 aromatic heterocycles. The summed E-state index contributed by atoms with van der Waals surface area (Å²) in [6, 6.07) is 0. The molecule has 0 spiro atoms. The Morgan fingerprint density at radius 3 is 1.90 bits per heavy atom. The topological polar surface area (TPSA) is 74.6 Å². The number of hydrogen-bond donors (Lipinski definition) is 2. The van der Waals surface area contributed by atoms with Crippen LogP contribution in [0, 0.1) is 0 Å². The van der Waals surface area contributed by atoms with Gasteiger partial charge in [0.1, 0.15) is 0 Å². The third-order valence-electron chi connectivity index (χ3n) is 1.17. The van der Waals surface area contributed by atoms with Gasteiger partial charge in [-0.3, -0.25) is 4.79 Å². The lowest BCUT2D eigenvalue weighted by Gasteiger charge is -2.03. The number of hydrogen-bond acceptors (Lipinski definition) is 2. The van der Waals surface area contributed by atoms with Crippen molar-refractivity contribution in [3.8, 4) is 0 Å². The summed E-state index contributed by atoms with van der Waals surface area (Å²) in [4.78, 5) is 20.3. The second-order valence-electron chi connectivity index (χ2n) is 1.89. The van der Waals surface area contributed by atoms with E-state index in [1.165, 1.54) is 0 Å². The van der Waals surface area contributed by atoms with E-state index in [1.807, 2.05) is 0 Å². The zero-order valence-corrected chi connectivity index (χ0v) is 7.50. The first-order valence-corrected chi connectivity index (χ1v) is 3.77. The lowest BCUT2D eigenvalue weighted by molar-refractivity contribution is -0.139. The molecule has 0 aromatic rings. The van der Waals surface area contributed by atoms with Crippen LogP contribution < -0.4 is 0 Å². The maximum absolute atomic E-state index is 10.2. The zero-order valence-electron chi connectivity index (χ0n) is 5.50. The smallest absolute Gasteiger partial charge is 0.331 e. The van der Waals surface area contributed by atoms with E-state index in [9.17, 15) is 9.59 Å². The molecular weight excluding hydrogens is 152 g/mol. The number of carboxylic acid groups (broad SMARTS) is 2. The molecule has 0 rings (SSSR count). The molecular formula is C5H8O4Si. The van der Waals surface area contributed by atoms with Crippen LogP contribution in [0.5, 0.6) is 0 Å². The van der Waals surface area contributed by atoms with Gasteiger partial charge in [-0.25, -0.2) is 4.79 Å². The van der Waals surface area contributed by atoms with Gasteiger partial charge in [0.25, 0.3) is 0 Å². The molecule has 0 aliphatic carbocycles. The Kier molecular flexibility index (Phi) is 2.81. The predicted octanol–water partition coefficient (Wildman–Crippen LogP) is -1.13. The van der Waals surface area contributed by atoms with Crippen LogP contribution >= 0.6 is 0 Å². The monoisotopic (exact) mass is 160 g/mol. The fraction of sp³-hybridized carbons (Fsp3) is 0.200. The van der Waals surface area contributed by atoms with E-state index in [0.29, 0.717) is 0 Å². The molecule has 0 amide bonds. The first-order valence-electron chi connectivity index (χ1n) is 2.61. The average Bonchev–Trinajstić information content (AvgIpc) is 1.84. The van der Waals surface area contributed by atoms with Crippen molar-refractivity contribution in [3.63, 3.8) is 0 Å². The van der Waals surface area contributed by atoms with Crippen LogP contribution in [-0.4, -0.2) is 32.4 Å². The Balaban J connectivity index is 4.22. The Hall–Kier alpha value is -1.10. The van der Waals surface area contributed by atoms with E-state index in [2.05, 4.69) is 6.58 Å². The molecule has 0 radical (unpaired) electrons. The zero-order chi connectivity index (χ0) is 8.31. The molecule has 0 saturated carbocycles. The minimum absolute atomic E-state index is 0.237. The molecule has 56 valence electrons. The summed E-state index contributed by atoms with van der Waals surface area (Å²) in [5.74, 6) is -2.35. The van der Waals surface area contributed by atoms with Gasteiger partial charge in [-0.15, -0.1) is 0 Å². The first-order chi connectivity index (χ1) is 4.46. The van der Waals surface area contributed by atoms with Gasteiger partial charge in [0.15, 0.2) is 0 Å². The molecule has 0 bridgehead atoms. The maximum atomic E-state index is 10.2. The summed E-state index contributed by atoms with van der Waals surface area (Å²) in [6.07, 6.45) is 0. The highest BCUT2D eigenvalue weighted by molar-refractivity contribution is 6.27. The third kappa shape index (κ3) is 2.02.